The molecule has 130 valence electrons. The first-order valence-electron chi connectivity index (χ1n) is 7.46. The summed E-state index contributed by atoms with van der Waals surface area (Å²) in [5.41, 5.74) is 0. The second-order valence-corrected chi connectivity index (χ2v) is 8.77. The van der Waals surface area contributed by atoms with Crippen molar-refractivity contribution in [3.8, 4) is 0 Å². The van der Waals surface area contributed by atoms with Crippen molar-refractivity contribution >= 4 is 46.6 Å². The van der Waals surface area contributed by atoms with Gasteiger partial charge in [0.15, 0.2) is 0 Å². The summed E-state index contributed by atoms with van der Waals surface area (Å²) in [6.45, 7) is 0. The van der Waals surface area contributed by atoms with E-state index in [1.54, 1.807) is 0 Å². The molecule has 5 nitrogen and oxygen atoms in total. The Kier molecular flexibility index (Phi) is 15.8. The highest BCUT2D eigenvalue weighted by atomic mass is 32.2. The maximum absolute atomic E-state index is 11.7. The zero-order valence-electron chi connectivity index (χ0n) is 12.8. The number of unbranched alkanes of at least 4 members (excludes halogenated alkanes) is 4. The first-order valence-corrected chi connectivity index (χ1v) is 11.3. The van der Waals surface area contributed by atoms with Gasteiger partial charge in [-0.2, -0.15) is 23.5 Å². The molecule has 2 N–H and O–H groups in total. The normalized spacial score (nSPS) is 11.0. The fourth-order valence-corrected chi connectivity index (χ4v) is 4.42. The van der Waals surface area contributed by atoms with Crippen LogP contribution in [0.1, 0.15) is 38.5 Å². The molecule has 0 unspecified atom stereocenters. The van der Waals surface area contributed by atoms with Crippen molar-refractivity contribution in [1.82, 2.24) is 0 Å². The largest absolute Gasteiger partial charge is 0.616 e. The zero-order valence-corrected chi connectivity index (χ0v) is 15.3. The van der Waals surface area contributed by atoms with Crippen LogP contribution in [0.5, 0.6) is 0 Å². The monoisotopic (exact) mass is 370 g/mol. The van der Waals surface area contributed by atoms with E-state index < -0.39 is 23.1 Å². The summed E-state index contributed by atoms with van der Waals surface area (Å²) < 4.78 is 11.7. The lowest BCUT2D eigenvalue weighted by molar-refractivity contribution is -0.134. The molecule has 22 heavy (non-hydrogen) atoms. The van der Waals surface area contributed by atoms with Crippen LogP contribution in [0.25, 0.3) is 0 Å². The molecular formula is C14H26O5S3. The molecule has 0 aliphatic heterocycles. The molecular weight excluding hydrogens is 344 g/mol. The minimum Gasteiger partial charge on any atom is -0.616 e. The van der Waals surface area contributed by atoms with E-state index in [1.807, 2.05) is 0 Å². The number of aliphatic carboxylic acids is 2. The molecule has 0 saturated carbocycles. The van der Waals surface area contributed by atoms with Gasteiger partial charge in [0.1, 0.15) is 11.5 Å². The molecule has 0 aromatic rings. The van der Waals surface area contributed by atoms with Crippen molar-refractivity contribution in [2.75, 3.05) is 34.5 Å². The minimum absolute atomic E-state index is 0.163. The fraction of sp³-hybridized carbons (Fsp3) is 0.857. The third-order valence-electron chi connectivity index (χ3n) is 2.77. The van der Waals surface area contributed by atoms with Gasteiger partial charge in [-0.05, 0) is 50.0 Å². The van der Waals surface area contributed by atoms with Crippen LogP contribution in [-0.4, -0.2) is 61.2 Å². The van der Waals surface area contributed by atoms with Crippen molar-refractivity contribution in [1.29, 1.82) is 0 Å². The lowest BCUT2D eigenvalue weighted by Crippen LogP contribution is -2.11. The summed E-state index contributed by atoms with van der Waals surface area (Å²) in [5.74, 6) is 1.96. The molecule has 0 spiro atoms. The Labute approximate surface area is 144 Å². The second kappa shape index (κ2) is 15.8. The molecule has 0 rings (SSSR count). The van der Waals surface area contributed by atoms with E-state index in [4.69, 9.17) is 10.2 Å². The summed E-state index contributed by atoms with van der Waals surface area (Å²) in [5, 5.41) is 17.0. The predicted octanol–water partition coefficient (Wildman–Crippen LogP) is 2.71. The number of carboxylic acids is 2. The summed E-state index contributed by atoms with van der Waals surface area (Å²) in [6, 6.07) is 0. The Morgan fingerprint density at radius 3 is 1.55 bits per heavy atom. The van der Waals surface area contributed by atoms with Crippen molar-refractivity contribution in [3.05, 3.63) is 0 Å². The Bertz CT molecular complexity index is 274. The average molecular weight is 371 g/mol. The summed E-state index contributed by atoms with van der Waals surface area (Å²) in [4.78, 5) is 20.6. The van der Waals surface area contributed by atoms with Crippen LogP contribution in [0.2, 0.25) is 0 Å². The Morgan fingerprint density at radius 2 is 1.18 bits per heavy atom. The van der Waals surface area contributed by atoms with Crippen LogP contribution in [0.4, 0.5) is 0 Å². The molecule has 0 radical (unpaired) electrons. The number of hydrogen-bond donors (Lipinski definition) is 2. The molecule has 0 amide bonds. The highest BCUT2D eigenvalue weighted by molar-refractivity contribution is 8.00. The average Bonchev–Trinajstić information content (AvgIpc) is 2.44. The van der Waals surface area contributed by atoms with Gasteiger partial charge in [0.05, 0.1) is 11.5 Å². The lowest BCUT2D eigenvalue weighted by Gasteiger charge is -2.10. The number of hydrogen-bond acceptors (Lipinski definition) is 5. The molecule has 0 fully saturated rings. The third-order valence-corrected chi connectivity index (χ3v) is 6.32. The van der Waals surface area contributed by atoms with Crippen LogP contribution in [-0.2, 0) is 20.8 Å². The van der Waals surface area contributed by atoms with Crippen LogP contribution in [0.3, 0.4) is 0 Å². The Morgan fingerprint density at radius 1 is 0.773 bits per heavy atom. The van der Waals surface area contributed by atoms with Crippen molar-refractivity contribution in [2.45, 2.75) is 38.5 Å². The first kappa shape index (κ1) is 21.9. The molecule has 0 aliphatic rings. The molecule has 0 aromatic heterocycles. The Hall–Kier alpha value is -0.0500. The van der Waals surface area contributed by atoms with E-state index in [1.165, 1.54) is 23.5 Å². The smallest absolute Gasteiger partial charge is 0.313 e. The van der Waals surface area contributed by atoms with E-state index >= 15 is 0 Å². The van der Waals surface area contributed by atoms with Crippen LogP contribution < -0.4 is 0 Å². The highest BCUT2D eigenvalue weighted by Crippen LogP contribution is 2.10. The number of rotatable bonds is 16. The van der Waals surface area contributed by atoms with Gasteiger partial charge in [-0.1, -0.05) is 11.2 Å². The van der Waals surface area contributed by atoms with Crippen molar-refractivity contribution < 1.29 is 24.4 Å². The van der Waals surface area contributed by atoms with Gasteiger partial charge in [0.2, 0.25) is 0 Å². The molecule has 0 aromatic carbocycles. The van der Waals surface area contributed by atoms with Crippen LogP contribution >= 0.6 is 23.5 Å². The summed E-state index contributed by atoms with van der Waals surface area (Å²) in [7, 11) is 0. The van der Waals surface area contributed by atoms with Gasteiger partial charge >= 0.3 is 11.9 Å². The summed E-state index contributed by atoms with van der Waals surface area (Å²) in [6.07, 6.45) is 5.85. The van der Waals surface area contributed by atoms with Crippen LogP contribution in [0.15, 0.2) is 0 Å². The third kappa shape index (κ3) is 18.0. The fourth-order valence-electron chi connectivity index (χ4n) is 1.71. The van der Waals surface area contributed by atoms with E-state index in [-0.39, 0.29) is 11.5 Å². The van der Waals surface area contributed by atoms with Crippen LogP contribution in [0, 0.1) is 0 Å². The Balaban J connectivity index is 3.21. The number of thioether (sulfide) groups is 2. The SMILES string of the molecule is O=C(O)CSCCCCC[S+]([O-])CCCCCSCC(=O)O. The predicted molar refractivity (Wildman–Crippen MR) is 95.5 cm³/mol. The first-order chi connectivity index (χ1) is 10.5. The van der Waals surface area contributed by atoms with Gasteiger partial charge < -0.3 is 14.8 Å². The number of carboxylic acid groups (broad SMARTS) is 2. The molecule has 8 heteroatoms. The number of carbonyl (C=O) groups is 2. The zero-order chi connectivity index (χ0) is 16.6. The standard InChI is InChI=1S/C14H26O5S3/c15-13(16)11-20-7-3-1-5-9-22(19)10-6-2-4-8-21-12-14(17)18/h1-12H2,(H,15,16)(H,17,18). The molecule has 0 saturated heterocycles. The van der Waals surface area contributed by atoms with E-state index in [0.717, 1.165) is 61.5 Å². The quantitative estimate of drug-likeness (QED) is 0.318. The lowest BCUT2D eigenvalue weighted by atomic mass is 10.3. The van der Waals surface area contributed by atoms with Gasteiger partial charge in [-0.25, -0.2) is 0 Å². The van der Waals surface area contributed by atoms with Gasteiger partial charge in [0.25, 0.3) is 0 Å². The molecule has 0 atom stereocenters. The minimum atomic E-state index is -0.771. The van der Waals surface area contributed by atoms with E-state index in [9.17, 15) is 14.1 Å². The van der Waals surface area contributed by atoms with Crippen molar-refractivity contribution in [3.63, 3.8) is 0 Å². The topological polar surface area (TPSA) is 97.7 Å². The highest BCUT2D eigenvalue weighted by Gasteiger charge is 2.06. The molecule has 0 aliphatic carbocycles. The van der Waals surface area contributed by atoms with Gasteiger partial charge in [0, 0.05) is 0 Å². The maximum atomic E-state index is 11.7. The molecule has 0 bridgehead atoms. The second-order valence-electron chi connectivity index (χ2n) is 4.86. The maximum Gasteiger partial charge on any atom is 0.313 e. The van der Waals surface area contributed by atoms with Crippen molar-refractivity contribution in [2.24, 2.45) is 0 Å². The van der Waals surface area contributed by atoms with Gasteiger partial charge in [-0.3, -0.25) is 9.59 Å². The summed E-state index contributed by atoms with van der Waals surface area (Å²) >= 11 is 2.11. The van der Waals surface area contributed by atoms with E-state index in [0.29, 0.717) is 0 Å². The molecule has 0 heterocycles. The van der Waals surface area contributed by atoms with Gasteiger partial charge in [-0.15, -0.1) is 0 Å². The van der Waals surface area contributed by atoms with E-state index in [2.05, 4.69) is 0 Å².